The zero-order valence-corrected chi connectivity index (χ0v) is 13.2. The molecule has 0 bridgehead atoms. The van der Waals surface area contributed by atoms with Crippen molar-refractivity contribution in [2.45, 2.75) is 25.6 Å². The fourth-order valence-electron chi connectivity index (χ4n) is 2.82. The highest BCUT2D eigenvalue weighted by Gasteiger charge is 2.44. The van der Waals surface area contributed by atoms with Crippen molar-refractivity contribution in [3.05, 3.63) is 11.7 Å². The van der Waals surface area contributed by atoms with Crippen LogP contribution >= 0.6 is 0 Å². The molecule has 2 fully saturated rings. The van der Waals surface area contributed by atoms with Crippen molar-refractivity contribution in [1.29, 1.82) is 5.41 Å². The zero-order chi connectivity index (χ0) is 16.7. The molecule has 128 valence electrons. The number of ether oxygens (including phenoxy) is 2. The molecule has 2 aliphatic heterocycles. The summed E-state index contributed by atoms with van der Waals surface area (Å²) in [6.45, 7) is 4.22. The Hall–Kier alpha value is -1.84. The maximum atomic E-state index is 9.46. The van der Waals surface area contributed by atoms with E-state index in [0.717, 1.165) is 0 Å². The van der Waals surface area contributed by atoms with E-state index in [1.54, 1.807) is 6.07 Å². The first kappa shape index (κ1) is 16.0. The predicted octanol–water partition coefficient (Wildman–Crippen LogP) is -0.476. The summed E-state index contributed by atoms with van der Waals surface area (Å²) in [4.78, 5) is 6.03. The van der Waals surface area contributed by atoms with Crippen molar-refractivity contribution in [1.82, 2.24) is 9.71 Å². The minimum absolute atomic E-state index is 0.0376. The SMILES string of the molecule is CC1(CO)COC2(CCN(c3cc(N)n(O)c(=N)n3)CC2)OC1. The number of aliphatic hydroxyl groups excluding tert-OH is 1. The lowest BCUT2D eigenvalue weighted by molar-refractivity contribution is -0.311. The molecule has 5 N–H and O–H groups in total. The Morgan fingerprint density at radius 1 is 1.35 bits per heavy atom. The Labute approximate surface area is 133 Å². The number of aliphatic hydroxyl groups is 1. The lowest BCUT2D eigenvalue weighted by Gasteiger charge is -2.48. The van der Waals surface area contributed by atoms with Gasteiger partial charge in [0.05, 0.1) is 19.8 Å². The number of aromatic nitrogens is 2. The number of hydrogen-bond donors (Lipinski definition) is 4. The van der Waals surface area contributed by atoms with Crippen LogP contribution in [0.3, 0.4) is 0 Å². The molecule has 23 heavy (non-hydrogen) atoms. The van der Waals surface area contributed by atoms with E-state index in [1.807, 2.05) is 11.8 Å². The summed E-state index contributed by atoms with van der Waals surface area (Å²) in [5.74, 6) is 0.0273. The van der Waals surface area contributed by atoms with Gasteiger partial charge in [0.1, 0.15) is 11.6 Å². The first-order valence-corrected chi connectivity index (χ1v) is 7.64. The van der Waals surface area contributed by atoms with Crippen molar-refractivity contribution in [3.8, 4) is 0 Å². The van der Waals surface area contributed by atoms with Gasteiger partial charge in [-0.25, -0.2) is 0 Å². The molecule has 0 amide bonds. The summed E-state index contributed by atoms with van der Waals surface area (Å²) in [5.41, 5.74) is 5.02. The van der Waals surface area contributed by atoms with Gasteiger partial charge in [0, 0.05) is 37.4 Å². The van der Waals surface area contributed by atoms with Gasteiger partial charge < -0.3 is 30.4 Å². The predicted molar refractivity (Wildman–Crippen MR) is 81.0 cm³/mol. The molecular weight excluding hydrogens is 302 g/mol. The highest BCUT2D eigenvalue weighted by atomic mass is 16.7. The number of anilines is 2. The quantitative estimate of drug-likeness (QED) is 0.540. The van der Waals surface area contributed by atoms with Gasteiger partial charge in [-0.05, 0) is 0 Å². The highest BCUT2D eigenvalue weighted by molar-refractivity contribution is 5.46. The molecule has 0 atom stereocenters. The van der Waals surface area contributed by atoms with E-state index in [4.69, 9.17) is 20.6 Å². The average molecular weight is 325 g/mol. The third kappa shape index (κ3) is 2.99. The van der Waals surface area contributed by atoms with E-state index < -0.39 is 5.79 Å². The number of piperidine rings is 1. The number of nitrogens with two attached hydrogens (primary N) is 1. The molecule has 0 aromatic carbocycles. The summed E-state index contributed by atoms with van der Waals surface area (Å²) >= 11 is 0. The van der Waals surface area contributed by atoms with Crippen molar-refractivity contribution >= 4 is 11.6 Å². The van der Waals surface area contributed by atoms with Crippen LogP contribution in [0.1, 0.15) is 19.8 Å². The van der Waals surface area contributed by atoms with Crippen LogP contribution < -0.4 is 16.3 Å². The monoisotopic (exact) mass is 325 g/mol. The smallest absolute Gasteiger partial charge is 0.259 e. The fraction of sp³-hybridized carbons (Fsp3) is 0.714. The molecule has 9 nitrogen and oxygen atoms in total. The van der Waals surface area contributed by atoms with Crippen molar-refractivity contribution < 1.29 is 19.8 Å². The summed E-state index contributed by atoms with van der Waals surface area (Å²) in [7, 11) is 0. The van der Waals surface area contributed by atoms with Crippen molar-refractivity contribution in [2.75, 3.05) is 43.5 Å². The van der Waals surface area contributed by atoms with Crippen LogP contribution in [0.4, 0.5) is 11.6 Å². The van der Waals surface area contributed by atoms with Gasteiger partial charge in [-0.15, -0.1) is 4.73 Å². The molecule has 3 rings (SSSR count). The van der Waals surface area contributed by atoms with Crippen molar-refractivity contribution in [3.63, 3.8) is 0 Å². The maximum Gasteiger partial charge on any atom is 0.259 e. The summed E-state index contributed by atoms with van der Waals surface area (Å²) in [5, 5.41) is 26.4. The van der Waals surface area contributed by atoms with Crippen LogP contribution in [0.5, 0.6) is 0 Å². The van der Waals surface area contributed by atoms with Gasteiger partial charge in [-0.1, -0.05) is 6.92 Å². The van der Waals surface area contributed by atoms with Gasteiger partial charge in [-0.3, -0.25) is 5.41 Å². The lowest BCUT2D eigenvalue weighted by atomic mass is 9.91. The molecule has 1 spiro atoms. The molecule has 0 aliphatic carbocycles. The molecule has 0 radical (unpaired) electrons. The normalized spacial score (nSPS) is 23.1. The average Bonchev–Trinajstić information content (AvgIpc) is 2.56. The Kier molecular flexibility index (Phi) is 3.95. The lowest BCUT2D eigenvalue weighted by Crippen LogP contribution is -2.55. The van der Waals surface area contributed by atoms with Gasteiger partial charge in [-0.2, -0.15) is 4.98 Å². The van der Waals surface area contributed by atoms with Crippen LogP contribution in [0.25, 0.3) is 0 Å². The maximum absolute atomic E-state index is 9.46. The van der Waals surface area contributed by atoms with E-state index in [1.165, 1.54) is 0 Å². The third-order valence-electron chi connectivity index (χ3n) is 4.54. The first-order valence-electron chi connectivity index (χ1n) is 7.64. The summed E-state index contributed by atoms with van der Waals surface area (Å²) in [6, 6.07) is 1.54. The minimum atomic E-state index is -0.605. The molecule has 0 saturated carbocycles. The molecular formula is C14H23N5O4. The fourth-order valence-corrected chi connectivity index (χ4v) is 2.82. The third-order valence-corrected chi connectivity index (χ3v) is 4.54. The van der Waals surface area contributed by atoms with Crippen LogP contribution in [-0.2, 0) is 9.47 Å². The van der Waals surface area contributed by atoms with Crippen LogP contribution in [0.2, 0.25) is 0 Å². The van der Waals surface area contributed by atoms with E-state index in [0.29, 0.717) is 49.7 Å². The van der Waals surface area contributed by atoms with Crippen LogP contribution in [-0.4, -0.2) is 58.7 Å². The largest absolute Gasteiger partial charge is 0.423 e. The highest BCUT2D eigenvalue weighted by Crippen LogP contribution is 2.37. The molecule has 1 aromatic rings. The van der Waals surface area contributed by atoms with E-state index >= 15 is 0 Å². The molecule has 9 heteroatoms. The second-order valence-corrected chi connectivity index (χ2v) is 6.62. The van der Waals surface area contributed by atoms with E-state index in [9.17, 15) is 10.3 Å². The number of nitrogen functional groups attached to an aromatic ring is 1. The molecule has 0 unspecified atom stereocenters. The number of rotatable bonds is 2. The van der Waals surface area contributed by atoms with E-state index in [-0.39, 0.29) is 23.5 Å². The number of hydrogen-bond acceptors (Lipinski definition) is 8. The standard InChI is InChI=1S/C14H23N5O4/c1-13(7-20)8-22-14(23-9-13)2-4-18(5-3-14)11-6-10(15)19(21)12(16)17-11/h6,16,20-21H,2-5,7-9,15H2,1H3. The van der Waals surface area contributed by atoms with Crippen molar-refractivity contribution in [2.24, 2.45) is 5.41 Å². The summed E-state index contributed by atoms with van der Waals surface area (Å²) in [6.07, 6.45) is 1.33. The topological polar surface area (TPSA) is 130 Å². The van der Waals surface area contributed by atoms with Crippen LogP contribution in [0.15, 0.2) is 6.07 Å². The van der Waals surface area contributed by atoms with E-state index in [2.05, 4.69) is 4.98 Å². The van der Waals surface area contributed by atoms with Crippen LogP contribution in [0, 0.1) is 10.8 Å². The first-order chi connectivity index (χ1) is 10.9. The Bertz CT molecular complexity index is 629. The zero-order valence-electron chi connectivity index (χ0n) is 13.2. The second-order valence-electron chi connectivity index (χ2n) is 6.62. The molecule has 3 heterocycles. The Morgan fingerprint density at radius 2 is 1.96 bits per heavy atom. The number of nitrogens with zero attached hydrogens (tertiary/aromatic N) is 3. The van der Waals surface area contributed by atoms with Gasteiger partial charge >= 0.3 is 0 Å². The second kappa shape index (κ2) is 5.66. The van der Waals surface area contributed by atoms with Gasteiger partial charge in [0.2, 0.25) is 0 Å². The summed E-state index contributed by atoms with van der Waals surface area (Å²) < 4.78 is 12.4. The van der Waals surface area contributed by atoms with Gasteiger partial charge in [0.25, 0.3) is 5.62 Å². The van der Waals surface area contributed by atoms with Gasteiger partial charge in [0.15, 0.2) is 5.79 Å². The Balaban J connectivity index is 1.66. The Morgan fingerprint density at radius 3 is 2.48 bits per heavy atom. The molecule has 1 aromatic heterocycles. The molecule has 2 aliphatic rings. The number of nitrogens with one attached hydrogen (secondary N) is 1. The minimum Gasteiger partial charge on any atom is -0.423 e. The molecule has 2 saturated heterocycles.